The number of carbonyl (C=O) groups is 1. The van der Waals surface area contributed by atoms with Gasteiger partial charge in [0, 0.05) is 25.1 Å². The normalized spacial score (nSPS) is 16.5. The summed E-state index contributed by atoms with van der Waals surface area (Å²) in [6.07, 6.45) is 1.06. The molecule has 0 fully saturated rings. The highest BCUT2D eigenvalue weighted by molar-refractivity contribution is 6.29. The Morgan fingerprint density at radius 3 is 2.41 bits per heavy atom. The summed E-state index contributed by atoms with van der Waals surface area (Å²) in [4.78, 5) is 15.9. The number of rotatable bonds is 12. The second-order valence-corrected chi connectivity index (χ2v) is 10.2. The number of hydrogen-bond acceptors (Lipinski definition) is 7. The summed E-state index contributed by atoms with van der Waals surface area (Å²) in [5, 5.41) is 3.53. The van der Waals surface area contributed by atoms with Crippen LogP contribution in [-0.2, 0) is 36.3 Å². The fourth-order valence-corrected chi connectivity index (χ4v) is 5.58. The van der Waals surface area contributed by atoms with Crippen LogP contribution < -0.4 is 24.3 Å². The molecule has 0 bridgehead atoms. The standard InChI is InChI=1S/C31H37ClN2O5/c1-34(2)19-23-10-6-7-11-24(23)20-39-30-28-22(16-26(37-4)29(30)38-5)13-14-33-31(28,27(35)18-32)17-21-9-8-12-25(15-21)36-3/h6-12,15-16,33H,13-14,17-20H2,1-5H3. The van der Waals surface area contributed by atoms with Crippen LogP contribution in [-0.4, -0.2) is 58.5 Å². The first-order valence-corrected chi connectivity index (χ1v) is 13.5. The fourth-order valence-electron chi connectivity index (χ4n) is 5.35. The van der Waals surface area contributed by atoms with Crippen molar-refractivity contribution in [1.82, 2.24) is 10.2 Å². The van der Waals surface area contributed by atoms with Gasteiger partial charge in [-0.2, -0.15) is 0 Å². The van der Waals surface area contributed by atoms with Crippen molar-refractivity contribution >= 4 is 17.4 Å². The molecule has 0 aromatic heterocycles. The maximum Gasteiger partial charge on any atom is 0.203 e. The molecule has 8 heteroatoms. The molecule has 39 heavy (non-hydrogen) atoms. The van der Waals surface area contributed by atoms with Crippen molar-refractivity contribution in [2.45, 2.75) is 31.5 Å². The van der Waals surface area contributed by atoms with Crippen molar-refractivity contribution in [2.24, 2.45) is 0 Å². The Balaban J connectivity index is 1.88. The Morgan fingerprint density at radius 2 is 1.74 bits per heavy atom. The SMILES string of the molecule is COc1cccc(CC2(C(=O)CCl)NCCc3cc(OC)c(OC)c(OCc4ccccc4CN(C)C)c32)c1. The van der Waals surface area contributed by atoms with Gasteiger partial charge in [0.15, 0.2) is 17.3 Å². The molecule has 1 aliphatic heterocycles. The van der Waals surface area contributed by atoms with E-state index in [0.29, 0.717) is 43.2 Å². The van der Waals surface area contributed by atoms with Gasteiger partial charge in [-0.05, 0) is 61.0 Å². The molecule has 1 heterocycles. The highest BCUT2D eigenvalue weighted by atomic mass is 35.5. The molecule has 0 amide bonds. The summed E-state index contributed by atoms with van der Waals surface area (Å²) in [5.41, 5.74) is 3.73. The summed E-state index contributed by atoms with van der Waals surface area (Å²) < 4.78 is 23.7. The minimum Gasteiger partial charge on any atom is -0.497 e. The third-order valence-corrected chi connectivity index (χ3v) is 7.38. The van der Waals surface area contributed by atoms with Crippen LogP contribution in [0.25, 0.3) is 0 Å². The van der Waals surface area contributed by atoms with Gasteiger partial charge in [0.05, 0.1) is 27.2 Å². The average Bonchev–Trinajstić information content (AvgIpc) is 2.95. The number of alkyl halides is 1. The van der Waals surface area contributed by atoms with Gasteiger partial charge < -0.3 is 29.2 Å². The number of nitrogens with one attached hydrogen (secondary N) is 1. The molecule has 1 aliphatic rings. The molecule has 1 N–H and O–H groups in total. The topological polar surface area (TPSA) is 69.3 Å². The summed E-state index contributed by atoms with van der Waals surface area (Å²) >= 11 is 6.28. The lowest BCUT2D eigenvalue weighted by Gasteiger charge is -2.40. The Hall–Kier alpha value is -3.26. The monoisotopic (exact) mass is 552 g/mol. The summed E-state index contributed by atoms with van der Waals surface area (Å²) in [5.74, 6) is 1.91. The minimum absolute atomic E-state index is 0.141. The number of benzene rings is 3. The van der Waals surface area contributed by atoms with E-state index in [1.54, 1.807) is 21.3 Å². The van der Waals surface area contributed by atoms with Crippen LogP contribution in [0.15, 0.2) is 54.6 Å². The first kappa shape index (κ1) is 28.7. The molecule has 4 rings (SSSR count). The van der Waals surface area contributed by atoms with E-state index in [-0.39, 0.29) is 11.7 Å². The Morgan fingerprint density at radius 1 is 0.974 bits per heavy atom. The summed E-state index contributed by atoms with van der Waals surface area (Å²) in [7, 11) is 8.89. The summed E-state index contributed by atoms with van der Waals surface area (Å²) in [6, 6.07) is 17.9. The second-order valence-electron chi connectivity index (χ2n) is 9.94. The maximum atomic E-state index is 13.8. The number of nitrogens with zero attached hydrogens (tertiary/aromatic N) is 1. The van der Waals surface area contributed by atoms with E-state index >= 15 is 0 Å². The third-order valence-electron chi connectivity index (χ3n) is 7.13. The molecule has 0 spiro atoms. The van der Waals surface area contributed by atoms with Crippen molar-refractivity contribution in [2.75, 3.05) is 47.8 Å². The molecule has 3 aromatic rings. The third kappa shape index (κ3) is 6.01. The van der Waals surface area contributed by atoms with E-state index < -0.39 is 5.54 Å². The molecule has 0 radical (unpaired) electrons. The second kappa shape index (κ2) is 12.7. The van der Waals surface area contributed by atoms with Gasteiger partial charge in [0.25, 0.3) is 0 Å². The van der Waals surface area contributed by atoms with Crippen LogP contribution >= 0.6 is 11.6 Å². The van der Waals surface area contributed by atoms with E-state index in [1.807, 2.05) is 56.6 Å². The lowest BCUT2D eigenvalue weighted by molar-refractivity contribution is -0.123. The maximum absolute atomic E-state index is 13.8. The van der Waals surface area contributed by atoms with Gasteiger partial charge >= 0.3 is 0 Å². The van der Waals surface area contributed by atoms with Crippen molar-refractivity contribution in [3.05, 3.63) is 82.4 Å². The highest BCUT2D eigenvalue weighted by Gasteiger charge is 2.46. The fraction of sp³-hybridized carbons (Fsp3) is 0.387. The van der Waals surface area contributed by atoms with Crippen LogP contribution in [0.5, 0.6) is 23.0 Å². The quantitative estimate of drug-likeness (QED) is 0.325. The predicted octanol–water partition coefficient (Wildman–Crippen LogP) is 4.74. The van der Waals surface area contributed by atoms with E-state index in [9.17, 15) is 4.79 Å². The zero-order chi connectivity index (χ0) is 28.0. The van der Waals surface area contributed by atoms with E-state index in [2.05, 4.69) is 22.3 Å². The van der Waals surface area contributed by atoms with Crippen LogP contribution in [0, 0.1) is 0 Å². The first-order chi connectivity index (χ1) is 18.9. The van der Waals surface area contributed by atoms with Crippen molar-refractivity contribution in [3.63, 3.8) is 0 Å². The molecule has 3 aromatic carbocycles. The number of ketones is 1. The van der Waals surface area contributed by atoms with Gasteiger partial charge in [0.2, 0.25) is 5.75 Å². The number of ether oxygens (including phenoxy) is 4. The van der Waals surface area contributed by atoms with Gasteiger partial charge in [-0.3, -0.25) is 4.79 Å². The number of Topliss-reactive ketones (excluding diaryl/α,β-unsaturated/α-hetero) is 1. The zero-order valence-corrected chi connectivity index (χ0v) is 24.1. The van der Waals surface area contributed by atoms with E-state index in [1.165, 1.54) is 0 Å². The minimum atomic E-state index is -1.13. The molecule has 1 unspecified atom stereocenters. The van der Waals surface area contributed by atoms with Crippen LogP contribution in [0.2, 0.25) is 0 Å². The van der Waals surface area contributed by atoms with Crippen LogP contribution in [0.1, 0.15) is 27.8 Å². The molecule has 0 saturated heterocycles. The molecule has 1 atom stereocenters. The molecule has 0 saturated carbocycles. The Kier molecular flexibility index (Phi) is 9.38. The van der Waals surface area contributed by atoms with Crippen molar-refractivity contribution in [3.8, 4) is 23.0 Å². The van der Waals surface area contributed by atoms with Crippen molar-refractivity contribution < 1.29 is 23.7 Å². The Bertz CT molecular complexity index is 1310. The number of hydrogen-bond donors (Lipinski definition) is 1. The smallest absolute Gasteiger partial charge is 0.203 e. The van der Waals surface area contributed by atoms with Gasteiger partial charge in [-0.1, -0.05) is 36.4 Å². The number of methoxy groups -OCH3 is 3. The largest absolute Gasteiger partial charge is 0.497 e. The van der Waals surface area contributed by atoms with Gasteiger partial charge in [-0.15, -0.1) is 11.6 Å². The lowest BCUT2D eigenvalue weighted by atomic mass is 9.74. The molecule has 0 aliphatic carbocycles. The van der Waals surface area contributed by atoms with Gasteiger partial charge in [-0.25, -0.2) is 0 Å². The van der Waals surface area contributed by atoms with E-state index in [0.717, 1.165) is 40.1 Å². The first-order valence-electron chi connectivity index (χ1n) is 13.0. The molecule has 7 nitrogen and oxygen atoms in total. The number of halogens is 1. The molecule has 208 valence electrons. The average molecular weight is 553 g/mol. The predicted molar refractivity (Wildman–Crippen MR) is 154 cm³/mol. The number of carbonyl (C=O) groups excluding carboxylic acids is 1. The molecular formula is C31H37ClN2O5. The van der Waals surface area contributed by atoms with Crippen molar-refractivity contribution in [1.29, 1.82) is 0 Å². The highest BCUT2D eigenvalue weighted by Crippen LogP contribution is 2.49. The summed E-state index contributed by atoms with van der Waals surface area (Å²) in [6.45, 7) is 1.67. The lowest BCUT2D eigenvalue weighted by Crippen LogP contribution is -2.55. The van der Waals surface area contributed by atoms with Gasteiger partial charge in [0.1, 0.15) is 17.9 Å². The van der Waals surface area contributed by atoms with Crippen LogP contribution in [0.4, 0.5) is 0 Å². The van der Waals surface area contributed by atoms with E-state index in [4.69, 9.17) is 30.5 Å². The Labute approximate surface area is 236 Å². The molecular weight excluding hydrogens is 516 g/mol. The zero-order valence-electron chi connectivity index (χ0n) is 23.3. The van der Waals surface area contributed by atoms with Crippen LogP contribution in [0.3, 0.4) is 0 Å². The number of fused-ring (bicyclic) bond motifs is 1.